The number of carboxylic acid groups (broad SMARTS) is 1. The maximum atomic E-state index is 12.0. The average molecular weight is 275 g/mol. The molecule has 1 aliphatic carbocycles. The quantitative estimate of drug-likeness (QED) is 0.836. The van der Waals surface area contributed by atoms with Gasteiger partial charge in [-0.25, -0.2) is 0 Å². The molecule has 4 nitrogen and oxygen atoms in total. The highest BCUT2D eigenvalue weighted by Gasteiger charge is 2.49. The molecule has 0 saturated heterocycles. The third-order valence-corrected chi connectivity index (χ3v) is 3.79. The van der Waals surface area contributed by atoms with Gasteiger partial charge in [0.2, 0.25) is 5.91 Å². The molecule has 2 unspecified atom stereocenters. The number of carbonyl (C=O) groups excluding carboxylic acids is 1. The van der Waals surface area contributed by atoms with E-state index in [2.05, 4.69) is 17.4 Å². The van der Waals surface area contributed by atoms with Crippen LogP contribution >= 0.6 is 0 Å². The molecular formula is C16H21NO3. The second kappa shape index (κ2) is 5.65. The van der Waals surface area contributed by atoms with Gasteiger partial charge in [-0.1, -0.05) is 30.3 Å². The summed E-state index contributed by atoms with van der Waals surface area (Å²) in [5.41, 5.74) is 0.920. The predicted octanol–water partition coefficient (Wildman–Crippen LogP) is 2.23. The van der Waals surface area contributed by atoms with Gasteiger partial charge in [0.15, 0.2) is 0 Å². The van der Waals surface area contributed by atoms with Crippen LogP contribution in [0.2, 0.25) is 0 Å². The summed E-state index contributed by atoms with van der Waals surface area (Å²) in [7, 11) is 0. The van der Waals surface area contributed by atoms with E-state index in [4.69, 9.17) is 5.11 Å². The minimum atomic E-state index is -0.868. The van der Waals surface area contributed by atoms with Crippen LogP contribution in [0.4, 0.5) is 0 Å². The van der Waals surface area contributed by atoms with Crippen LogP contribution in [0.5, 0.6) is 0 Å². The monoisotopic (exact) mass is 275 g/mol. The first-order chi connectivity index (χ1) is 9.39. The van der Waals surface area contributed by atoms with E-state index >= 15 is 0 Å². The zero-order valence-electron chi connectivity index (χ0n) is 11.9. The number of carbonyl (C=O) groups is 2. The highest BCUT2D eigenvalue weighted by molar-refractivity contribution is 5.89. The van der Waals surface area contributed by atoms with Crippen molar-refractivity contribution in [3.05, 3.63) is 35.9 Å². The Bertz CT molecular complexity index is 496. The lowest BCUT2D eigenvalue weighted by atomic mass is 9.95. The zero-order valence-corrected chi connectivity index (χ0v) is 11.9. The summed E-state index contributed by atoms with van der Waals surface area (Å²) in [6.07, 6.45) is 2.18. The molecule has 0 aromatic heterocycles. The normalized spacial score (nSPS) is 21.3. The summed E-state index contributed by atoms with van der Waals surface area (Å²) in [5.74, 6) is -1.83. The minimum Gasteiger partial charge on any atom is -0.481 e. The van der Waals surface area contributed by atoms with Crippen LogP contribution < -0.4 is 5.32 Å². The van der Waals surface area contributed by atoms with Crippen molar-refractivity contribution >= 4 is 11.9 Å². The fourth-order valence-corrected chi connectivity index (χ4v) is 2.35. The Kier molecular flexibility index (Phi) is 4.12. The molecule has 2 atom stereocenters. The topological polar surface area (TPSA) is 66.4 Å². The van der Waals surface area contributed by atoms with Crippen molar-refractivity contribution < 1.29 is 14.7 Å². The van der Waals surface area contributed by atoms with Gasteiger partial charge in [-0.15, -0.1) is 0 Å². The molecule has 1 aromatic carbocycles. The lowest BCUT2D eigenvalue weighted by Crippen LogP contribution is -2.44. The Balaban J connectivity index is 1.82. The Hall–Kier alpha value is -1.84. The van der Waals surface area contributed by atoms with Gasteiger partial charge in [-0.05, 0) is 38.7 Å². The van der Waals surface area contributed by atoms with E-state index in [9.17, 15) is 9.59 Å². The van der Waals surface area contributed by atoms with Crippen molar-refractivity contribution in [3.63, 3.8) is 0 Å². The largest absolute Gasteiger partial charge is 0.481 e. The molecule has 1 aliphatic rings. The van der Waals surface area contributed by atoms with Crippen LogP contribution in [0.1, 0.15) is 32.3 Å². The first kappa shape index (κ1) is 14.6. The summed E-state index contributed by atoms with van der Waals surface area (Å²) in [6.45, 7) is 3.96. The van der Waals surface area contributed by atoms with E-state index in [0.717, 1.165) is 12.8 Å². The standard InChI is InChI=1S/C16H21NO3/c1-16(2,9-8-11-6-4-3-5-7-11)17-14(18)12-10-13(12)15(19)20/h3-7,12-13H,8-10H2,1-2H3,(H,17,18)(H,19,20). The lowest BCUT2D eigenvalue weighted by Gasteiger charge is -2.26. The van der Waals surface area contributed by atoms with E-state index in [0.29, 0.717) is 6.42 Å². The third-order valence-electron chi connectivity index (χ3n) is 3.79. The molecule has 0 bridgehead atoms. The number of aryl methyl sites for hydroxylation is 1. The number of hydrogen-bond acceptors (Lipinski definition) is 2. The molecule has 1 amide bonds. The maximum Gasteiger partial charge on any atom is 0.307 e. The van der Waals surface area contributed by atoms with Crippen LogP contribution in [0, 0.1) is 11.8 Å². The van der Waals surface area contributed by atoms with E-state index in [1.54, 1.807) is 0 Å². The van der Waals surface area contributed by atoms with Gasteiger partial charge in [0.05, 0.1) is 11.8 Å². The van der Waals surface area contributed by atoms with Crippen molar-refractivity contribution in [3.8, 4) is 0 Å². The number of nitrogens with one attached hydrogen (secondary N) is 1. The summed E-state index contributed by atoms with van der Waals surface area (Å²) in [5, 5.41) is 11.8. The summed E-state index contributed by atoms with van der Waals surface area (Å²) >= 11 is 0. The van der Waals surface area contributed by atoms with Crippen LogP contribution in [-0.4, -0.2) is 22.5 Å². The smallest absolute Gasteiger partial charge is 0.307 e. The molecular weight excluding hydrogens is 254 g/mol. The van der Waals surface area contributed by atoms with Gasteiger partial charge in [0.25, 0.3) is 0 Å². The molecule has 4 heteroatoms. The highest BCUT2D eigenvalue weighted by Crippen LogP contribution is 2.39. The number of amides is 1. The van der Waals surface area contributed by atoms with Gasteiger partial charge in [-0.2, -0.15) is 0 Å². The fourth-order valence-electron chi connectivity index (χ4n) is 2.35. The van der Waals surface area contributed by atoms with Crippen LogP contribution in [0.3, 0.4) is 0 Å². The molecule has 0 heterocycles. The summed E-state index contributed by atoms with van der Waals surface area (Å²) < 4.78 is 0. The maximum absolute atomic E-state index is 12.0. The highest BCUT2D eigenvalue weighted by atomic mass is 16.4. The Morgan fingerprint density at radius 3 is 2.45 bits per heavy atom. The van der Waals surface area contributed by atoms with Gasteiger partial charge in [-0.3, -0.25) is 9.59 Å². The fraction of sp³-hybridized carbons (Fsp3) is 0.500. The van der Waals surface area contributed by atoms with Crippen LogP contribution in [0.25, 0.3) is 0 Å². The Morgan fingerprint density at radius 2 is 1.90 bits per heavy atom. The van der Waals surface area contributed by atoms with Gasteiger partial charge >= 0.3 is 5.97 Å². The van der Waals surface area contributed by atoms with Crippen molar-refractivity contribution in [2.75, 3.05) is 0 Å². The number of aliphatic carboxylic acids is 1. The van der Waals surface area contributed by atoms with Crippen molar-refractivity contribution in [1.29, 1.82) is 0 Å². The second-order valence-electron chi connectivity index (χ2n) is 6.15. The van der Waals surface area contributed by atoms with Crippen molar-refractivity contribution in [2.24, 2.45) is 11.8 Å². The lowest BCUT2D eigenvalue weighted by molar-refractivity contribution is -0.140. The predicted molar refractivity (Wildman–Crippen MR) is 76.2 cm³/mol. The zero-order chi connectivity index (χ0) is 14.8. The van der Waals surface area contributed by atoms with Crippen molar-refractivity contribution in [2.45, 2.75) is 38.6 Å². The van der Waals surface area contributed by atoms with Crippen molar-refractivity contribution in [1.82, 2.24) is 5.32 Å². The number of hydrogen-bond donors (Lipinski definition) is 2. The molecule has 1 saturated carbocycles. The average Bonchev–Trinajstić information content (AvgIpc) is 3.18. The Morgan fingerprint density at radius 1 is 1.25 bits per heavy atom. The van der Waals surface area contributed by atoms with Gasteiger partial charge in [0.1, 0.15) is 0 Å². The molecule has 2 N–H and O–H groups in total. The number of carboxylic acids is 1. The minimum absolute atomic E-state index is 0.129. The molecule has 108 valence electrons. The van der Waals surface area contributed by atoms with E-state index < -0.39 is 11.9 Å². The molecule has 20 heavy (non-hydrogen) atoms. The first-order valence-electron chi connectivity index (χ1n) is 6.98. The van der Waals surface area contributed by atoms with E-state index in [-0.39, 0.29) is 17.4 Å². The molecule has 0 spiro atoms. The molecule has 0 radical (unpaired) electrons. The van der Waals surface area contributed by atoms with Crippen LogP contribution in [0.15, 0.2) is 30.3 Å². The Labute approximate surface area is 119 Å². The number of benzene rings is 1. The van der Waals surface area contributed by atoms with E-state index in [1.807, 2.05) is 32.0 Å². The van der Waals surface area contributed by atoms with Gasteiger partial charge < -0.3 is 10.4 Å². The molecule has 0 aliphatic heterocycles. The molecule has 1 fully saturated rings. The van der Waals surface area contributed by atoms with Gasteiger partial charge in [0, 0.05) is 5.54 Å². The molecule has 1 aromatic rings. The SMILES string of the molecule is CC(C)(CCc1ccccc1)NC(=O)C1CC1C(=O)O. The second-order valence-corrected chi connectivity index (χ2v) is 6.15. The third kappa shape index (κ3) is 3.83. The molecule has 2 rings (SSSR count). The first-order valence-corrected chi connectivity index (χ1v) is 6.98. The summed E-state index contributed by atoms with van der Waals surface area (Å²) in [4.78, 5) is 22.7. The summed E-state index contributed by atoms with van der Waals surface area (Å²) in [6, 6.07) is 10.1. The van der Waals surface area contributed by atoms with Crippen LogP contribution in [-0.2, 0) is 16.0 Å². The van der Waals surface area contributed by atoms with E-state index in [1.165, 1.54) is 5.56 Å². The number of rotatable bonds is 6.